The monoisotopic (exact) mass is 508 g/mol. The van der Waals surface area contributed by atoms with E-state index in [0.717, 1.165) is 38.5 Å². The van der Waals surface area contributed by atoms with Gasteiger partial charge in [0.25, 0.3) is 0 Å². The highest BCUT2D eigenvalue weighted by atomic mass is 19.4. The number of allylic oxidation sites excluding steroid dienone is 1. The van der Waals surface area contributed by atoms with Crippen molar-refractivity contribution in [3.8, 4) is 0 Å². The molecule has 6 atom stereocenters. The number of hydrogen-bond acceptors (Lipinski definition) is 6. The van der Waals surface area contributed by atoms with E-state index in [2.05, 4.69) is 36.0 Å². The van der Waals surface area contributed by atoms with Gasteiger partial charge in [-0.2, -0.15) is 13.2 Å². The number of anilines is 1. The SMILES string of the molecule is CO[C@@H]1COCC[C@@H]1C[C@@H]1C=C[C@@](C(=O)N2C[C@H]3C[C@@H]2CN3c2cncc(C(F)(F)F)n2)(C(C)C)C1. The second kappa shape index (κ2) is 9.59. The second-order valence-corrected chi connectivity index (χ2v) is 11.1. The number of fused-ring (bicyclic) bond motifs is 2. The first-order valence-electron chi connectivity index (χ1n) is 12.9. The molecule has 0 unspecified atom stereocenters. The third kappa shape index (κ3) is 4.51. The Morgan fingerprint density at radius 3 is 2.75 bits per heavy atom. The average molecular weight is 509 g/mol. The number of carbonyl (C=O) groups excluding carboxylic acids is 1. The number of likely N-dealkylation sites (tertiary alicyclic amines) is 1. The summed E-state index contributed by atoms with van der Waals surface area (Å²) >= 11 is 0. The first-order chi connectivity index (χ1) is 17.1. The molecule has 36 heavy (non-hydrogen) atoms. The van der Waals surface area contributed by atoms with Gasteiger partial charge in [-0.3, -0.25) is 9.78 Å². The van der Waals surface area contributed by atoms with Crippen LogP contribution in [-0.2, 0) is 20.4 Å². The van der Waals surface area contributed by atoms with Gasteiger partial charge in [-0.1, -0.05) is 26.0 Å². The van der Waals surface area contributed by atoms with Gasteiger partial charge in [0.05, 0.1) is 42.6 Å². The van der Waals surface area contributed by atoms with E-state index in [1.54, 1.807) is 7.11 Å². The maximum atomic E-state index is 14.0. The maximum absolute atomic E-state index is 14.0. The largest absolute Gasteiger partial charge is 0.434 e. The van der Waals surface area contributed by atoms with E-state index in [9.17, 15) is 18.0 Å². The molecule has 4 heterocycles. The van der Waals surface area contributed by atoms with Crippen LogP contribution in [-0.4, -0.2) is 72.4 Å². The van der Waals surface area contributed by atoms with Crippen molar-refractivity contribution in [3.05, 3.63) is 30.2 Å². The fourth-order valence-corrected chi connectivity index (χ4v) is 6.64. The molecule has 7 nitrogen and oxygen atoms in total. The van der Waals surface area contributed by atoms with Crippen LogP contribution >= 0.6 is 0 Å². The van der Waals surface area contributed by atoms with Crippen molar-refractivity contribution < 1.29 is 27.4 Å². The Kier molecular flexibility index (Phi) is 6.78. The molecule has 10 heteroatoms. The molecule has 2 bridgehead atoms. The van der Waals surface area contributed by atoms with Gasteiger partial charge in [0.15, 0.2) is 5.69 Å². The normalized spacial score (nSPS) is 34.2. The van der Waals surface area contributed by atoms with Gasteiger partial charge in [-0.25, -0.2) is 4.98 Å². The molecule has 0 saturated carbocycles. The zero-order valence-electron chi connectivity index (χ0n) is 21.1. The number of rotatable bonds is 6. The van der Waals surface area contributed by atoms with Crippen LogP contribution in [0.25, 0.3) is 0 Å². The van der Waals surface area contributed by atoms with E-state index in [-0.39, 0.29) is 35.8 Å². The quantitative estimate of drug-likeness (QED) is 0.543. The van der Waals surface area contributed by atoms with E-state index < -0.39 is 17.3 Å². The van der Waals surface area contributed by atoms with E-state index >= 15 is 0 Å². The number of nitrogens with zero attached hydrogens (tertiary/aromatic N) is 4. The molecule has 0 N–H and O–H groups in total. The summed E-state index contributed by atoms with van der Waals surface area (Å²) in [5, 5.41) is 0. The molecular weight excluding hydrogens is 473 g/mol. The van der Waals surface area contributed by atoms with Crippen LogP contribution in [0, 0.1) is 23.2 Å². The van der Waals surface area contributed by atoms with Crippen LogP contribution in [0.5, 0.6) is 0 Å². The third-order valence-electron chi connectivity index (χ3n) is 8.75. The maximum Gasteiger partial charge on any atom is 0.434 e. The number of ether oxygens (including phenoxy) is 2. The minimum Gasteiger partial charge on any atom is -0.379 e. The average Bonchev–Trinajstić information content (AvgIpc) is 3.58. The number of carbonyl (C=O) groups is 1. The predicted molar refractivity (Wildman–Crippen MR) is 127 cm³/mol. The van der Waals surface area contributed by atoms with Crippen molar-refractivity contribution in [2.45, 2.75) is 63.9 Å². The number of halogens is 3. The first-order valence-corrected chi connectivity index (χ1v) is 12.9. The van der Waals surface area contributed by atoms with Crippen LogP contribution < -0.4 is 4.90 Å². The molecule has 1 aromatic heterocycles. The molecule has 5 rings (SSSR count). The Labute approximate surface area is 210 Å². The fraction of sp³-hybridized carbons (Fsp3) is 0.731. The third-order valence-corrected chi connectivity index (χ3v) is 8.75. The summed E-state index contributed by atoms with van der Waals surface area (Å²) in [4.78, 5) is 25.5. The number of alkyl halides is 3. The van der Waals surface area contributed by atoms with Crippen LogP contribution in [0.3, 0.4) is 0 Å². The summed E-state index contributed by atoms with van der Waals surface area (Å²) in [6.45, 7) is 6.56. The van der Waals surface area contributed by atoms with Gasteiger partial charge in [0.2, 0.25) is 5.91 Å². The van der Waals surface area contributed by atoms with Crippen molar-refractivity contribution in [2.24, 2.45) is 23.2 Å². The Morgan fingerprint density at radius 2 is 2.08 bits per heavy atom. The minimum atomic E-state index is -4.54. The standard InChI is InChI=1S/C26H35F3N4O3/c1-16(2)25(6-4-17(10-25)8-18-5-7-36-15-21(18)35-3)24(34)33-14-19-9-20(33)13-32(19)23-12-30-11-22(31-23)26(27,28)29/h4,6,11-12,16-21H,5,7-10,13-15H2,1-3H3/t17-,18+,19+,20+,21+,25-/m0/s1. The topological polar surface area (TPSA) is 67.8 Å². The smallest absolute Gasteiger partial charge is 0.379 e. The molecule has 0 spiro atoms. The van der Waals surface area contributed by atoms with Gasteiger partial charge in [-0.05, 0) is 43.4 Å². The number of hydrogen-bond donors (Lipinski definition) is 0. The van der Waals surface area contributed by atoms with Crippen molar-refractivity contribution in [1.82, 2.24) is 14.9 Å². The van der Waals surface area contributed by atoms with Crippen LogP contribution in [0.1, 0.15) is 45.2 Å². The van der Waals surface area contributed by atoms with Crippen LogP contribution in [0.2, 0.25) is 0 Å². The molecule has 3 aliphatic heterocycles. The highest BCUT2D eigenvalue weighted by Crippen LogP contribution is 2.48. The summed E-state index contributed by atoms with van der Waals surface area (Å²) in [7, 11) is 1.73. The summed E-state index contributed by atoms with van der Waals surface area (Å²) in [6, 6.07) is -0.0814. The van der Waals surface area contributed by atoms with Gasteiger partial charge >= 0.3 is 6.18 Å². The van der Waals surface area contributed by atoms with Crippen LogP contribution in [0.15, 0.2) is 24.5 Å². The lowest BCUT2D eigenvalue weighted by molar-refractivity contribution is -0.143. The van der Waals surface area contributed by atoms with Crippen molar-refractivity contribution in [2.75, 3.05) is 38.3 Å². The molecular formula is C26H35F3N4O3. The predicted octanol–water partition coefficient (Wildman–Crippen LogP) is 3.95. The molecule has 1 aliphatic carbocycles. The summed E-state index contributed by atoms with van der Waals surface area (Å²) in [5.41, 5.74) is -1.54. The highest BCUT2D eigenvalue weighted by molar-refractivity contribution is 5.86. The molecule has 3 saturated heterocycles. The number of methoxy groups -OCH3 is 1. The zero-order chi connectivity index (χ0) is 25.7. The first kappa shape index (κ1) is 25.4. The van der Waals surface area contributed by atoms with Crippen LogP contribution in [0.4, 0.5) is 19.0 Å². The van der Waals surface area contributed by atoms with Gasteiger partial charge < -0.3 is 19.3 Å². The Hall–Kier alpha value is -2.20. The molecule has 1 aromatic rings. The molecule has 1 amide bonds. The van der Waals surface area contributed by atoms with Gasteiger partial charge in [-0.15, -0.1) is 0 Å². The van der Waals surface area contributed by atoms with Crippen molar-refractivity contribution in [1.29, 1.82) is 0 Å². The molecule has 3 fully saturated rings. The highest BCUT2D eigenvalue weighted by Gasteiger charge is 2.53. The van der Waals surface area contributed by atoms with Crippen molar-refractivity contribution in [3.63, 3.8) is 0 Å². The number of piperazine rings is 1. The second-order valence-electron chi connectivity index (χ2n) is 11.1. The molecule has 0 aromatic carbocycles. The molecule has 0 radical (unpaired) electrons. The van der Waals surface area contributed by atoms with E-state index in [1.165, 1.54) is 6.20 Å². The lowest BCUT2D eigenvalue weighted by atomic mass is 9.72. The van der Waals surface area contributed by atoms with Gasteiger partial charge in [0.1, 0.15) is 5.82 Å². The lowest BCUT2D eigenvalue weighted by Crippen LogP contribution is -2.54. The van der Waals surface area contributed by atoms with E-state index in [0.29, 0.717) is 31.5 Å². The van der Waals surface area contributed by atoms with Crippen molar-refractivity contribution >= 4 is 11.7 Å². The van der Waals surface area contributed by atoms with E-state index in [1.807, 2.05) is 9.80 Å². The van der Waals surface area contributed by atoms with Gasteiger partial charge in [0, 0.05) is 26.8 Å². The zero-order valence-corrected chi connectivity index (χ0v) is 21.1. The number of amides is 1. The van der Waals surface area contributed by atoms with E-state index in [4.69, 9.17) is 9.47 Å². The summed E-state index contributed by atoms with van der Waals surface area (Å²) in [6.07, 6.45) is 5.51. The Bertz CT molecular complexity index is 1000. The summed E-state index contributed by atoms with van der Waals surface area (Å²) in [5.74, 6) is 1.25. The molecule has 198 valence electrons. The summed E-state index contributed by atoms with van der Waals surface area (Å²) < 4.78 is 50.6. The number of aromatic nitrogens is 2. The Morgan fingerprint density at radius 1 is 1.28 bits per heavy atom. The minimum absolute atomic E-state index is 0.0321. The molecule has 4 aliphatic rings. The Balaban J connectivity index is 1.26. The lowest BCUT2D eigenvalue weighted by Gasteiger charge is -2.41. The fourth-order valence-electron chi connectivity index (χ4n) is 6.64.